The van der Waals surface area contributed by atoms with E-state index in [1.165, 1.54) is 11.6 Å². The number of aliphatic hydroxyl groups is 2. The van der Waals surface area contributed by atoms with Gasteiger partial charge in [0.05, 0.1) is 18.1 Å². The fraction of sp³-hybridized carbons (Fsp3) is 0.692. The third-order valence-corrected chi connectivity index (χ3v) is 15.0. The Labute approximate surface area is 274 Å². The molecule has 7 nitrogen and oxygen atoms in total. The number of allylic oxidation sites excluding steroid dienone is 2. The van der Waals surface area contributed by atoms with Gasteiger partial charge < -0.3 is 25.2 Å². The molecule has 4 fully saturated rings. The van der Waals surface area contributed by atoms with Gasteiger partial charge in [0.1, 0.15) is 11.9 Å². The van der Waals surface area contributed by atoms with E-state index in [0.29, 0.717) is 24.7 Å². The van der Waals surface area contributed by atoms with Crippen LogP contribution in [0.5, 0.6) is 5.75 Å². The number of aliphatic hydroxyl groups excluding tert-OH is 2. The fourth-order valence-electron chi connectivity index (χ4n) is 12.1. The van der Waals surface area contributed by atoms with E-state index in [4.69, 9.17) is 4.74 Å². The minimum absolute atomic E-state index is 0.0271. The molecule has 0 aliphatic heterocycles. The van der Waals surface area contributed by atoms with Crippen molar-refractivity contribution in [2.24, 2.45) is 56.7 Å². The number of aromatic hydroxyl groups is 1. The van der Waals surface area contributed by atoms with Gasteiger partial charge in [0, 0.05) is 11.5 Å². The fourth-order valence-corrected chi connectivity index (χ4v) is 12.1. The lowest BCUT2D eigenvalue weighted by Crippen LogP contribution is -2.68. The van der Waals surface area contributed by atoms with Gasteiger partial charge in [0.15, 0.2) is 0 Å². The van der Waals surface area contributed by atoms with Crippen molar-refractivity contribution in [1.82, 2.24) is 0 Å². The lowest BCUT2D eigenvalue weighted by Gasteiger charge is -2.71. The van der Waals surface area contributed by atoms with Gasteiger partial charge in [-0.25, -0.2) is 4.79 Å². The molecule has 1 aromatic carbocycles. The Morgan fingerprint density at radius 3 is 2.33 bits per heavy atom. The van der Waals surface area contributed by atoms with Crippen LogP contribution >= 0.6 is 0 Å². The molecule has 7 heteroatoms. The number of hydrogen-bond donors (Lipinski definition) is 4. The first kappa shape index (κ1) is 33.3. The second kappa shape index (κ2) is 11.2. The molecule has 0 radical (unpaired) electrons. The molecule has 0 bridgehead atoms. The second-order valence-corrected chi connectivity index (χ2v) is 16.8. The Kier molecular flexibility index (Phi) is 8.12. The van der Waals surface area contributed by atoms with Gasteiger partial charge in [0.2, 0.25) is 0 Å². The topological polar surface area (TPSA) is 124 Å². The Morgan fingerprint density at radius 1 is 0.978 bits per heavy atom. The quantitative estimate of drug-likeness (QED) is 0.156. The Hall–Kier alpha value is -2.64. The largest absolute Gasteiger partial charge is 0.508 e. The molecular weight excluding hydrogens is 580 g/mol. The van der Waals surface area contributed by atoms with Crippen LogP contribution in [0.3, 0.4) is 0 Å². The standard InChI is InChI=1S/C39H54O7/c1-23-15-18-39(34(44)45)20-19-37(5)27(32(39)24(23)2)12-13-30-35(3)21-28(42)33(36(4,22-40)29(35)16-17-38(30,37)6)46-31(43)14-9-25-7-10-26(41)11-8-25/h7-12,14,23-24,28-30,32-33,40-42H,13,15-22H2,1-6H3,(H,44,45)/b14-9-/t23-,24+,28-,29-,30-,32+,33+,35+,36+,37-,38-,39+/m1/s1. The van der Waals surface area contributed by atoms with E-state index >= 15 is 0 Å². The Bertz CT molecular complexity index is 1430. The summed E-state index contributed by atoms with van der Waals surface area (Å²) in [7, 11) is 0. The van der Waals surface area contributed by atoms with Crippen LogP contribution in [-0.2, 0) is 14.3 Å². The van der Waals surface area contributed by atoms with Crippen molar-refractivity contribution in [1.29, 1.82) is 0 Å². The molecule has 0 saturated heterocycles. The number of phenolic OH excluding ortho intramolecular Hbond substituents is 1. The van der Waals surface area contributed by atoms with Crippen LogP contribution in [-0.4, -0.2) is 51.2 Å². The summed E-state index contributed by atoms with van der Waals surface area (Å²) in [5.74, 6) is 0.0165. The van der Waals surface area contributed by atoms with Crippen LogP contribution in [0.25, 0.3) is 6.08 Å². The van der Waals surface area contributed by atoms with E-state index in [-0.39, 0.29) is 46.4 Å². The zero-order valence-corrected chi connectivity index (χ0v) is 28.5. The maximum absolute atomic E-state index is 13.1. The van der Waals surface area contributed by atoms with Gasteiger partial charge in [-0.1, -0.05) is 65.3 Å². The van der Waals surface area contributed by atoms with Crippen molar-refractivity contribution >= 4 is 18.0 Å². The second-order valence-electron chi connectivity index (χ2n) is 16.8. The van der Waals surface area contributed by atoms with E-state index < -0.39 is 35.0 Å². The zero-order chi connectivity index (χ0) is 33.4. The monoisotopic (exact) mass is 634 g/mol. The molecule has 4 saturated carbocycles. The van der Waals surface area contributed by atoms with Crippen LogP contribution in [0, 0.1) is 56.7 Å². The number of benzene rings is 1. The summed E-state index contributed by atoms with van der Waals surface area (Å²) in [6, 6.07) is 6.49. The van der Waals surface area contributed by atoms with Crippen LogP contribution in [0.4, 0.5) is 0 Å². The van der Waals surface area contributed by atoms with Crippen LogP contribution < -0.4 is 0 Å². The number of carboxylic acids is 1. The number of phenols is 1. The Morgan fingerprint density at radius 2 is 1.67 bits per heavy atom. The van der Waals surface area contributed by atoms with Gasteiger partial charge in [-0.3, -0.25) is 4.79 Å². The summed E-state index contributed by atoms with van der Waals surface area (Å²) >= 11 is 0. The van der Waals surface area contributed by atoms with Gasteiger partial charge in [0.25, 0.3) is 0 Å². The van der Waals surface area contributed by atoms with Crippen molar-refractivity contribution in [2.45, 2.75) is 105 Å². The first-order chi connectivity index (χ1) is 21.6. The van der Waals surface area contributed by atoms with Crippen LogP contribution in [0.2, 0.25) is 0 Å². The minimum Gasteiger partial charge on any atom is -0.508 e. The van der Waals surface area contributed by atoms with E-state index in [1.807, 2.05) is 6.92 Å². The molecule has 5 aliphatic carbocycles. The Balaban J connectivity index is 1.32. The maximum Gasteiger partial charge on any atom is 0.331 e. The molecule has 5 aliphatic rings. The summed E-state index contributed by atoms with van der Waals surface area (Å²) in [6.07, 6.45) is 9.93. The van der Waals surface area contributed by atoms with Crippen molar-refractivity contribution < 1.29 is 34.8 Å². The molecule has 4 N–H and O–H groups in total. The smallest absolute Gasteiger partial charge is 0.331 e. The SMILES string of the molecule is C[C@H]1[C@H](C)CC[C@]2(C(=O)O)CC[C@]3(C)C(=CC[C@@H]4[C@@]5(C)C[C@@H](O)[C@H](OC(=O)/C=C\c6ccc(O)cc6)[C@@](C)(CO)[C@@H]5CC[C@]43C)[C@H]12. The van der Waals surface area contributed by atoms with Gasteiger partial charge >= 0.3 is 11.9 Å². The highest BCUT2D eigenvalue weighted by Gasteiger charge is 2.71. The van der Waals surface area contributed by atoms with E-state index in [2.05, 4.69) is 40.7 Å². The molecule has 0 unspecified atom stereocenters. The predicted molar refractivity (Wildman–Crippen MR) is 176 cm³/mol. The average Bonchev–Trinajstić information content (AvgIpc) is 3.00. The lowest BCUT2D eigenvalue weighted by atomic mass is 9.33. The summed E-state index contributed by atoms with van der Waals surface area (Å²) in [4.78, 5) is 26.0. The lowest BCUT2D eigenvalue weighted by molar-refractivity contribution is -0.249. The number of aliphatic carboxylic acids is 1. The number of fused-ring (bicyclic) bond motifs is 7. The van der Waals surface area contributed by atoms with Crippen LogP contribution in [0.1, 0.15) is 98.5 Å². The number of carboxylic acid groups (broad SMARTS) is 1. The molecule has 252 valence electrons. The van der Waals surface area contributed by atoms with Crippen molar-refractivity contribution in [3.05, 3.63) is 47.6 Å². The summed E-state index contributed by atoms with van der Waals surface area (Å²) in [5, 5.41) is 43.0. The summed E-state index contributed by atoms with van der Waals surface area (Å²) in [6.45, 7) is 13.5. The van der Waals surface area contributed by atoms with Gasteiger partial charge in [-0.15, -0.1) is 0 Å². The van der Waals surface area contributed by atoms with Crippen LogP contribution in [0.15, 0.2) is 42.0 Å². The van der Waals surface area contributed by atoms with Crippen molar-refractivity contribution in [3.8, 4) is 5.75 Å². The number of rotatable bonds is 5. The van der Waals surface area contributed by atoms with E-state index in [0.717, 1.165) is 44.1 Å². The number of ether oxygens (including phenoxy) is 1. The first-order valence-electron chi connectivity index (χ1n) is 17.5. The van der Waals surface area contributed by atoms with E-state index in [9.17, 15) is 30.0 Å². The molecule has 1 aromatic rings. The van der Waals surface area contributed by atoms with E-state index in [1.54, 1.807) is 30.3 Å². The van der Waals surface area contributed by atoms with Crippen molar-refractivity contribution in [2.75, 3.05) is 6.61 Å². The van der Waals surface area contributed by atoms with Gasteiger partial charge in [-0.05, 0) is 121 Å². The third-order valence-electron chi connectivity index (χ3n) is 15.0. The molecule has 46 heavy (non-hydrogen) atoms. The maximum atomic E-state index is 13.1. The average molecular weight is 635 g/mol. The minimum atomic E-state index is -0.935. The molecule has 12 atom stereocenters. The first-order valence-corrected chi connectivity index (χ1v) is 17.5. The predicted octanol–water partition coefficient (Wildman–Crippen LogP) is 7.00. The summed E-state index contributed by atoms with van der Waals surface area (Å²) < 4.78 is 5.98. The highest BCUT2D eigenvalue weighted by molar-refractivity contribution is 5.87. The molecule has 0 aromatic heterocycles. The molecule has 0 amide bonds. The highest BCUT2D eigenvalue weighted by atomic mass is 16.6. The van der Waals surface area contributed by atoms with Gasteiger partial charge in [-0.2, -0.15) is 0 Å². The zero-order valence-electron chi connectivity index (χ0n) is 28.5. The molecule has 6 rings (SSSR count). The molecule has 0 heterocycles. The number of esters is 1. The number of hydrogen-bond acceptors (Lipinski definition) is 6. The van der Waals surface area contributed by atoms with Crippen molar-refractivity contribution in [3.63, 3.8) is 0 Å². The molecule has 0 spiro atoms. The molecular formula is C39H54O7. The normalized spacial score (nSPS) is 46.7. The summed E-state index contributed by atoms with van der Waals surface area (Å²) in [5.41, 5.74) is 0.0232. The number of carbonyl (C=O) groups excluding carboxylic acids is 1. The number of carbonyl (C=O) groups is 2. The third kappa shape index (κ3) is 4.57. The highest BCUT2D eigenvalue weighted by Crippen LogP contribution is 2.75.